The van der Waals surface area contributed by atoms with Crippen molar-refractivity contribution < 1.29 is 4.74 Å². The Kier molecular flexibility index (Phi) is 4.75. The molecule has 1 aliphatic carbocycles. The predicted molar refractivity (Wildman–Crippen MR) is 73.0 cm³/mol. The molecule has 18 heavy (non-hydrogen) atoms. The van der Waals surface area contributed by atoms with E-state index in [-0.39, 0.29) is 0 Å². The summed E-state index contributed by atoms with van der Waals surface area (Å²) in [6, 6.07) is 2.57. The number of nitrogens with zero attached hydrogens (tertiary/aromatic N) is 2. The van der Waals surface area contributed by atoms with Crippen LogP contribution in [0.25, 0.3) is 0 Å². The zero-order chi connectivity index (χ0) is 12.8. The van der Waals surface area contributed by atoms with Gasteiger partial charge in [-0.05, 0) is 19.8 Å². The molecule has 0 aliphatic heterocycles. The fourth-order valence-electron chi connectivity index (χ4n) is 2.27. The van der Waals surface area contributed by atoms with Gasteiger partial charge < -0.3 is 15.4 Å². The minimum absolute atomic E-state index is 0.575. The average Bonchev–Trinajstić information content (AvgIpc) is 2.81. The molecular weight excluding hydrogens is 228 g/mol. The average molecular weight is 250 g/mol. The van der Waals surface area contributed by atoms with Crippen molar-refractivity contribution in [1.29, 1.82) is 0 Å². The van der Waals surface area contributed by atoms with Crippen LogP contribution in [-0.2, 0) is 4.74 Å². The molecule has 0 aromatic carbocycles. The second kappa shape index (κ2) is 6.54. The molecule has 0 atom stereocenters. The summed E-state index contributed by atoms with van der Waals surface area (Å²) in [5.41, 5.74) is 0.977. The Morgan fingerprint density at radius 1 is 1.33 bits per heavy atom. The van der Waals surface area contributed by atoms with E-state index in [1.54, 1.807) is 7.11 Å². The van der Waals surface area contributed by atoms with Crippen LogP contribution in [0.1, 0.15) is 31.4 Å². The fourth-order valence-corrected chi connectivity index (χ4v) is 2.27. The number of methoxy groups -OCH3 is 1. The molecule has 0 amide bonds. The molecule has 5 heteroatoms. The van der Waals surface area contributed by atoms with E-state index in [1.165, 1.54) is 25.7 Å². The molecule has 0 radical (unpaired) electrons. The SMILES string of the molecule is COCCNc1nc(C)cc(NC2CCCC2)n1. The van der Waals surface area contributed by atoms with Gasteiger partial charge in [0, 0.05) is 31.5 Å². The molecule has 2 rings (SSSR count). The van der Waals surface area contributed by atoms with E-state index in [4.69, 9.17) is 4.74 Å². The lowest BCUT2D eigenvalue weighted by Crippen LogP contribution is -2.17. The number of rotatable bonds is 6. The van der Waals surface area contributed by atoms with E-state index < -0.39 is 0 Å². The number of ether oxygens (including phenoxy) is 1. The third kappa shape index (κ3) is 3.84. The van der Waals surface area contributed by atoms with Crippen molar-refractivity contribution >= 4 is 11.8 Å². The van der Waals surface area contributed by atoms with Gasteiger partial charge in [0.05, 0.1) is 6.61 Å². The van der Waals surface area contributed by atoms with Crippen LogP contribution in [0.2, 0.25) is 0 Å². The molecule has 1 heterocycles. The second-order valence-electron chi connectivity index (χ2n) is 4.76. The van der Waals surface area contributed by atoms with E-state index in [9.17, 15) is 0 Å². The molecule has 1 aromatic heterocycles. The largest absolute Gasteiger partial charge is 0.383 e. The van der Waals surface area contributed by atoms with Gasteiger partial charge in [0.15, 0.2) is 0 Å². The smallest absolute Gasteiger partial charge is 0.224 e. The molecule has 2 N–H and O–H groups in total. The molecule has 0 unspecified atom stereocenters. The lowest BCUT2D eigenvalue weighted by molar-refractivity contribution is 0.210. The van der Waals surface area contributed by atoms with Crippen LogP contribution in [0.3, 0.4) is 0 Å². The summed E-state index contributed by atoms with van der Waals surface area (Å²) in [7, 11) is 1.69. The van der Waals surface area contributed by atoms with Gasteiger partial charge in [0.25, 0.3) is 0 Å². The van der Waals surface area contributed by atoms with Crippen molar-refractivity contribution in [3.8, 4) is 0 Å². The Bertz CT molecular complexity index is 377. The standard InChI is InChI=1S/C13H22N4O/c1-10-9-12(16-11-5-3-4-6-11)17-13(15-10)14-7-8-18-2/h9,11H,3-8H2,1-2H3,(H2,14,15,16,17). The lowest BCUT2D eigenvalue weighted by atomic mass is 10.2. The summed E-state index contributed by atoms with van der Waals surface area (Å²) >= 11 is 0. The van der Waals surface area contributed by atoms with Crippen molar-refractivity contribution in [3.05, 3.63) is 11.8 Å². The van der Waals surface area contributed by atoms with Gasteiger partial charge in [0.1, 0.15) is 5.82 Å². The highest BCUT2D eigenvalue weighted by atomic mass is 16.5. The molecule has 1 aromatic rings. The first-order valence-corrected chi connectivity index (χ1v) is 6.63. The van der Waals surface area contributed by atoms with Crippen LogP contribution in [0.15, 0.2) is 6.07 Å². The summed E-state index contributed by atoms with van der Waals surface area (Å²) in [5, 5.41) is 6.65. The third-order valence-corrected chi connectivity index (χ3v) is 3.15. The predicted octanol–water partition coefficient (Wildman–Crippen LogP) is 2.20. The highest BCUT2D eigenvalue weighted by Crippen LogP contribution is 2.22. The second-order valence-corrected chi connectivity index (χ2v) is 4.76. The van der Waals surface area contributed by atoms with Crippen LogP contribution in [0.5, 0.6) is 0 Å². The van der Waals surface area contributed by atoms with Crippen LogP contribution in [-0.4, -0.2) is 36.3 Å². The Balaban J connectivity index is 1.96. The summed E-state index contributed by atoms with van der Waals surface area (Å²) in [6.45, 7) is 3.37. The van der Waals surface area contributed by atoms with E-state index in [0.717, 1.165) is 18.1 Å². The van der Waals surface area contributed by atoms with Crippen molar-refractivity contribution in [2.75, 3.05) is 30.9 Å². The fraction of sp³-hybridized carbons (Fsp3) is 0.692. The molecule has 5 nitrogen and oxygen atoms in total. The topological polar surface area (TPSA) is 59.1 Å². The third-order valence-electron chi connectivity index (χ3n) is 3.15. The summed E-state index contributed by atoms with van der Waals surface area (Å²) in [5.74, 6) is 1.60. The van der Waals surface area contributed by atoms with Gasteiger partial charge in [0.2, 0.25) is 5.95 Å². The van der Waals surface area contributed by atoms with E-state index in [1.807, 2.05) is 13.0 Å². The van der Waals surface area contributed by atoms with Crippen LogP contribution in [0, 0.1) is 6.92 Å². The maximum Gasteiger partial charge on any atom is 0.224 e. The molecule has 0 saturated heterocycles. The molecule has 100 valence electrons. The zero-order valence-electron chi connectivity index (χ0n) is 11.2. The molecule has 0 spiro atoms. The van der Waals surface area contributed by atoms with Gasteiger partial charge in [-0.3, -0.25) is 0 Å². The van der Waals surface area contributed by atoms with E-state index in [0.29, 0.717) is 18.6 Å². The van der Waals surface area contributed by atoms with Crippen LogP contribution >= 0.6 is 0 Å². The van der Waals surface area contributed by atoms with Gasteiger partial charge in [-0.2, -0.15) is 4.98 Å². The number of aromatic nitrogens is 2. The number of aryl methyl sites for hydroxylation is 1. The first kappa shape index (κ1) is 13.1. The molecule has 1 saturated carbocycles. The summed E-state index contributed by atoms with van der Waals surface area (Å²) in [6.07, 6.45) is 5.13. The summed E-state index contributed by atoms with van der Waals surface area (Å²) in [4.78, 5) is 8.84. The molecule has 0 bridgehead atoms. The molecular formula is C13H22N4O. The maximum atomic E-state index is 5.00. The number of hydrogen-bond acceptors (Lipinski definition) is 5. The van der Waals surface area contributed by atoms with E-state index in [2.05, 4.69) is 20.6 Å². The van der Waals surface area contributed by atoms with E-state index >= 15 is 0 Å². The number of nitrogens with one attached hydrogen (secondary N) is 2. The minimum atomic E-state index is 0.575. The highest BCUT2D eigenvalue weighted by Gasteiger charge is 2.15. The lowest BCUT2D eigenvalue weighted by Gasteiger charge is -2.14. The maximum absolute atomic E-state index is 5.00. The van der Waals surface area contributed by atoms with Gasteiger partial charge in [-0.1, -0.05) is 12.8 Å². The normalized spacial score (nSPS) is 15.9. The number of anilines is 2. The minimum Gasteiger partial charge on any atom is -0.383 e. The Hall–Kier alpha value is -1.36. The zero-order valence-corrected chi connectivity index (χ0v) is 11.2. The van der Waals surface area contributed by atoms with Crippen LogP contribution < -0.4 is 10.6 Å². The molecule has 1 aliphatic rings. The first-order valence-electron chi connectivity index (χ1n) is 6.63. The quantitative estimate of drug-likeness (QED) is 0.758. The monoisotopic (exact) mass is 250 g/mol. The van der Waals surface area contributed by atoms with Crippen molar-refractivity contribution in [2.45, 2.75) is 38.6 Å². The Labute approximate surface area is 108 Å². The molecule has 1 fully saturated rings. The van der Waals surface area contributed by atoms with Crippen molar-refractivity contribution in [3.63, 3.8) is 0 Å². The van der Waals surface area contributed by atoms with Crippen LogP contribution in [0.4, 0.5) is 11.8 Å². The Morgan fingerprint density at radius 2 is 2.11 bits per heavy atom. The Morgan fingerprint density at radius 3 is 2.83 bits per heavy atom. The van der Waals surface area contributed by atoms with Crippen molar-refractivity contribution in [1.82, 2.24) is 9.97 Å². The van der Waals surface area contributed by atoms with Gasteiger partial charge >= 0.3 is 0 Å². The van der Waals surface area contributed by atoms with Gasteiger partial charge in [-0.15, -0.1) is 0 Å². The van der Waals surface area contributed by atoms with Gasteiger partial charge in [-0.25, -0.2) is 4.98 Å². The number of hydrogen-bond donors (Lipinski definition) is 2. The summed E-state index contributed by atoms with van der Waals surface area (Å²) < 4.78 is 5.00. The van der Waals surface area contributed by atoms with Crippen molar-refractivity contribution in [2.24, 2.45) is 0 Å². The highest BCUT2D eigenvalue weighted by molar-refractivity contribution is 5.43. The first-order chi connectivity index (χ1) is 8.78.